The van der Waals surface area contributed by atoms with E-state index >= 15 is 0 Å². The molecule has 0 fully saturated rings. The van der Waals surface area contributed by atoms with Crippen molar-refractivity contribution >= 4 is 22.0 Å². The molecule has 0 bridgehead atoms. The fourth-order valence-electron chi connectivity index (χ4n) is 2.92. The van der Waals surface area contributed by atoms with E-state index in [0.717, 1.165) is 35.0 Å². The molecule has 0 saturated heterocycles. The molecule has 128 valence electrons. The highest BCUT2D eigenvalue weighted by Gasteiger charge is 2.29. The molecular formula is C18H26BrNO3. The lowest BCUT2D eigenvalue weighted by Crippen LogP contribution is -2.40. The maximum atomic E-state index is 12.3. The second kappa shape index (κ2) is 7.12. The molecule has 1 aromatic carbocycles. The predicted octanol–water partition coefficient (Wildman–Crippen LogP) is 4.70. The van der Waals surface area contributed by atoms with Crippen molar-refractivity contribution < 1.29 is 14.3 Å². The summed E-state index contributed by atoms with van der Waals surface area (Å²) in [7, 11) is 1.73. The topological polar surface area (TPSA) is 38.8 Å². The zero-order valence-corrected chi connectivity index (χ0v) is 16.2. The quantitative estimate of drug-likeness (QED) is 0.758. The summed E-state index contributed by atoms with van der Waals surface area (Å²) in [6.45, 7) is 9.03. The zero-order chi connectivity index (χ0) is 17.2. The van der Waals surface area contributed by atoms with E-state index in [-0.39, 0.29) is 6.09 Å². The minimum Gasteiger partial charge on any atom is -0.496 e. The molecule has 0 N–H and O–H groups in total. The summed E-state index contributed by atoms with van der Waals surface area (Å²) < 4.78 is 12.2. The molecule has 0 unspecified atom stereocenters. The van der Waals surface area contributed by atoms with Gasteiger partial charge in [-0.05, 0) is 50.8 Å². The Kier molecular flexibility index (Phi) is 5.61. The van der Waals surface area contributed by atoms with Gasteiger partial charge in [-0.2, -0.15) is 0 Å². The highest BCUT2D eigenvalue weighted by atomic mass is 79.9. The van der Waals surface area contributed by atoms with Crippen LogP contribution in [0.25, 0.3) is 0 Å². The standard InChI is InChI=1S/C18H26BrNO3/c1-6-7-12-10-15(19)14-11-20(17(21)23-18(2,3)4)9-8-13(14)16(12)22-5/h10H,6-9,11H2,1-5H3. The summed E-state index contributed by atoms with van der Waals surface area (Å²) in [5.74, 6) is 0.980. The molecule has 0 atom stereocenters. The molecule has 0 spiro atoms. The minimum absolute atomic E-state index is 0.258. The van der Waals surface area contributed by atoms with Crippen molar-refractivity contribution in [3.05, 3.63) is 27.2 Å². The second-order valence-electron chi connectivity index (χ2n) is 6.91. The Labute approximate surface area is 147 Å². The van der Waals surface area contributed by atoms with Gasteiger partial charge in [-0.3, -0.25) is 0 Å². The first-order chi connectivity index (χ1) is 10.8. The molecule has 1 aliphatic heterocycles. The van der Waals surface area contributed by atoms with Crippen molar-refractivity contribution in [3.63, 3.8) is 0 Å². The third kappa shape index (κ3) is 4.19. The lowest BCUT2D eigenvalue weighted by atomic mass is 9.94. The molecule has 0 radical (unpaired) electrons. The minimum atomic E-state index is -0.475. The first-order valence-electron chi connectivity index (χ1n) is 8.11. The van der Waals surface area contributed by atoms with Gasteiger partial charge in [-0.25, -0.2) is 4.79 Å². The number of methoxy groups -OCH3 is 1. The fourth-order valence-corrected chi connectivity index (χ4v) is 3.57. The van der Waals surface area contributed by atoms with Gasteiger partial charge in [0.05, 0.1) is 13.7 Å². The van der Waals surface area contributed by atoms with Crippen molar-refractivity contribution in [1.29, 1.82) is 0 Å². The summed E-state index contributed by atoms with van der Waals surface area (Å²) in [6.07, 6.45) is 2.59. The number of hydrogen-bond donors (Lipinski definition) is 0. The average Bonchev–Trinajstić information content (AvgIpc) is 2.46. The molecular weight excluding hydrogens is 358 g/mol. The van der Waals surface area contributed by atoms with Crippen molar-refractivity contribution in [2.75, 3.05) is 13.7 Å². The van der Waals surface area contributed by atoms with E-state index < -0.39 is 5.60 Å². The normalized spacial score (nSPS) is 14.4. The van der Waals surface area contributed by atoms with Crippen LogP contribution in [0.4, 0.5) is 4.79 Å². The molecule has 1 amide bonds. The van der Waals surface area contributed by atoms with Gasteiger partial charge < -0.3 is 14.4 Å². The average molecular weight is 384 g/mol. The van der Waals surface area contributed by atoms with Gasteiger partial charge >= 0.3 is 6.09 Å². The largest absolute Gasteiger partial charge is 0.496 e. The molecule has 4 nitrogen and oxygen atoms in total. The lowest BCUT2D eigenvalue weighted by Gasteiger charge is -2.33. The number of aryl methyl sites for hydroxylation is 1. The van der Waals surface area contributed by atoms with Crippen molar-refractivity contribution in [2.24, 2.45) is 0 Å². The third-order valence-corrected chi connectivity index (χ3v) is 4.58. The van der Waals surface area contributed by atoms with Crippen molar-refractivity contribution in [1.82, 2.24) is 4.90 Å². The van der Waals surface area contributed by atoms with Gasteiger partial charge in [0.25, 0.3) is 0 Å². The highest BCUT2D eigenvalue weighted by Crippen LogP contribution is 2.37. The summed E-state index contributed by atoms with van der Waals surface area (Å²) in [5, 5.41) is 0. The molecule has 0 saturated carbocycles. The SMILES string of the molecule is CCCc1cc(Br)c2c(c1OC)CCN(C(=O)OC(C)(C)C)C2. The van der Waals surface area contributed by atoms with Crippen molar-refractivity contribution in [3.8, 4) is 5.75 Å². The Morgan fingerprint density at radius 1 is 1.35 bits per heavy atom. The number of nitrogens with zero attached hydrogens (tertiary/aromatic N) is 1. The molecule has 5 heteroatoms. The number of carbonyl (C=O) groups is 1. The second-order valence-corrected chi connectivity index (χ2v) is 7.76. The summed E-state index contributed by atoms with van der Waals surface area (Å²) in [4.78, 5) is 14.1. The Balaban J connectivity index is 2.29. The maximum Gasteiger partial charge on any atom is 0.410 e. The van der Waals surface area contributed by atoms with E-state index in [1.54, 1.807) is 12.0 Å². The number of rotatable bonds is 3. The molecule has 23 heavy (non-hydrogen) atoms. The smallest absolute Gasteiger partial charge is 0.410 e. The number of halogens is 1. The Morgan fingerprint density at radius 2 is 2.04 bits per heavy atom. The monoisotopic (exact) mass is 383 g/mol. The van der Waals surface area contributed by atoms with Crippen LogP contribution in [-0.2, 0) is 24.1 Å². The van der Waals surface area contributed by atoms with E-state index in [1.807, 2.05) is 20.8 Å². The Morgan fingerprint density at radius 3 is 2.61 bits per heavy atom. The first-order valence-corrected chi connectivity index (χ1v) is 8.91. The van der Waals surface area contributed by atoms with E-state index in [1.165, 1.54) is 11.1 Å². The number of ether oxygens (including phenoxy) is 2. The molecule has 1 heterocycles. The third-order valence-electron chi connectivity index (χ3n) is 3.88. The number of benzene rings is 1. The molecule has 0 aromatic heterocycles. The van der Waals surface area contributed by atoms with Crippen LogP contribution >= 0.6 is 15.9 Å². The summed E-state index contributed by atoms with van der Waals surface area (Å²) in [5.41, 5.74) is 3.09. The number of hydrogen-bond acceptors (Lipinski definition) is 3. The first kappa shape index (κ1) is 18.1. The number of carbonyl (C=O) groups excluding carboxylic acids is 1. The number of amides is 1. The Hall–Kier alpha value is -1.23. The fraction of sp³-hybridized carbons (Fsp3) is 0.611. The highest BCUT2D eigenvalue weighted by molar-refractivity contribution is 9.10. The predicted molar refractivity (Wildman–Crippen MR) is 95.0 cm³/mol. The van der Waals surface area contributed by atoms with Crippen LogP contribution in [0.1, 0.15) is 50.8 Å². The number of fused-ring (bicyclic) bond motifs is 1. The van der Waals surface area contributed by atoms with Gasteiger partial charge in [-0.15, -0.1) is 0 Å². The van der Waals surface area contributed by atoms with Gasteiger partial charge in [0.1, 0.15) is 11.4 Å². The van der Waals surface area contributed by atoms with E-state index in [4.69, 9.17) is 9.47 Å². The van der Waals surface area contributed by atoms with Crippen LogP contribution < -0.4 is 4.74 Å². The van der Waals surface area contributed by atoms with Gasteiger partial charge in [0, 0.05) is 16.6 Å². The molecule has 1 aromatic rings. The van der Waals surface area contributed by atoms with Crippen molar-refractivity contribution in [2.45, 2.75) is 59.1 Å². The summed E-state index contributed by atoms with van der Waals surface area (Å²) >= 11 is 3.67. The van der Waals surface area contributed by atoms with Gasteiger partial charge in [0.2, 0.25) is 0 Å². The van der Waals surface area contributed by atoms with Gasteiger partial charge in [-0.1, -0.05) is 29.3 Å². The van der Waals surface area contributed by atoms with E-state index in [2.05, 4.69) is 28.9 Å². The summed E-state index contributed by atoms with van der Waals surface area (Å²) in [6, 6.07) is 2.12. The van der Waals surface area contributed by atoms with Crippen LogP contribution in [0, 0.1) is 0 Å². The van der Waals surface area contributed by atoms with Gasteiger partial charge in [0.15, 0.2) is 0 Å². The molecule has 2 rings (SSSR count). The molecule has 1 aliphatic rings. The van der Waals surface area contributed by atoms with Crippen LogP contribution in [0.2, 0.25) is 0 Å². The van der Waals surface area contributed by atoms with Crippen LogP contribution in [-0.4, -0.2) is 30.2 Å². The van der Waals surface area contributed by atoms with Crippen LogP contribution in [0.15, 0.2) is 10.5 Å². The van der Waals surface area contributed by atoms with Crippen LogP contribution in [0.3, 0.4) is 0 Å². The zero-order valence-electron chi connectivity index (χ0n) is 14.7. The van der Waals surface area contributed by atoms with E-state index in [9.17, 15) is 4.79 Å². The van der Waals surface area contributed by atoms with Crippen LogP contribution in [0.5, 0.6) is 5.75 Å². The molecule has 0 aliphatic carbocycles. The lowest BCUT2D eigenvalue weighted by molar-refractivity contribution is 0.0222. The van der Waals surface area contributed by atoms with E-state index in [0.29, 0.717) is 13.1 Å². The Bertz CT molecular complexity index is 593. The maximum absolute atomic E-state index is 12.3.